The summed E-state index contributed by atoms with van der Waals surface area (Å²) in [5, 5.41) is 13.1. The van der Waals surface area contributed by atoms with E-state index in [4.69, 9.17) is 0 Å². The smallest absolute Gasteiger partial charge is 0.321 e. The fourth-order valence-electron chi connectivity index (χ4n) is 1.73. The number of amides is 2. The first-order valence-electron chi connectivity index (χ1n) is 5.19. The molecule has 8 heteroatoms. The van der Waals surface area contributed by atoms with Crippen LogP contribution in [0.1, 0.15) is 6.42 Å². The first-order chi connectivity index (χ1) is 8.50. The number of hydrogen-bond donors (Lipinski definition) is 1. The van der Waals surface area contributed by atoms with Crippen molar-refractivity contribution in [2.75, 3.05) is 18.0 Å². The number of nitro benzene ring substituents is 1. The molecule has 6 nitrogen and oxygen atoms in total. The van der Waals surface area contributed by atoms with E-state index >= 15 is 0 Å². The van der Waals surface area contributed by atoms with E-state index in [-0.39, 0.29) is 12.2 Å². The van der Waals surface area contributed by atoms with E-state index in [1.807, 2.05) is 0 Å². The Kier molecular flexibility index (Phi) is 3.09. The molecule has 1 aliphatic rings. The second kappa shape index (κ2) is 4.55. The van der Waals surface area contributed by atoms with E-state index in [1.54, 1.807) is 0 Å². The van der Waals surface area contributed by atoms with Crippen molar-refractivity contribution in [3.8, 4) is 0 Å². The molecule has 1 aromatic rings. The zero-order valence-electron chi connectivity index (χ0n) is 9.15. The highest BCUT2D eigenvalue weighted by molar-refractivity contribution is 5.93. The van der Waals surface area contributed by atoms with Gasteiger partial charge < -0.3 is 5.32 Å². The minimum Gasteiger partial charge on any atom is -0.338 e. The van der Waals surface area contributed by atoms with E-state index in [0.29, 0.717) is 19.0 Å². The fraction of sp³-hybridized carbons (Fsp3) is 0.300. The van der Waals surface area contributed by atoms with Gasteiger partial charge in [0.05, 0.1) is 10.6 Å². The molecule has 1 N–H and O–H groups in total. The topological polar surface area (TPSA) is 75.5 Å². The predicted molar refractivity (Wildman–Crippen MR) is 58.4 cm³/mol. The summed E-state index contributed by atoms with van der Waals surface area (Å²) in [7, 11) is 0. The molecule has 0 bridgehead atoms. The predicted octanol–water partition coefficient (Wildman–Crippen LogP) is 1.79. The van der Waals surface area contributed by atoms with Gasteiger partial charge in [0.2, 0.25) is 5.82 Å². The van der Waals surface area contributed by atoms with Crippen molar-refractivity contribution < 1.29 is 18.5 Å². The number of nitrogens with one attached hydrogen (secondary N) is 1. The molecule has 1 heterocycles. The lowest BCUT2D eigenvalue weighted by atomic mass is 10.2. The molecule has 2 rings (SSSR count). The van der Waals surface area contributed by atoms with Crippen LogP contribution in [0.5, 0.6) is 0 Å². The van der Waals surface area contributed by atoms with Crippen molar-refractivity contribution in [1.29, 1.82) is 0 Å². The summed E-state index contributed by atoms with van der Waals surface area (Å²) >= 11 is 0. The molecule has 0 aromatic heterocycles. The number of benzene rings is 1. The van der Waals surface area contributed by atoms with Crippen molar-refractivity contribution in [3.05, 3.63) is 33.9 Å². The zero-order valence-corrected chi connectivity index (χ0v) is 9.15. The van der Waals surface area contributed by atoms with Gasteiger partial charge in [0.1, 0.15) is 5.82 Å². The molecular formula is C10H9F2N3O3. The molecule has 0 spiro atoms. The maximum atomic E-state index is 13.6. The van der Waals surface area contributed by atoms with Crippen molar-refractivity contribution in [2.24, 2.45) is 0 Å². The average molecular weight is 257 g/mol. The standard InChI is InChI=1S/C10H9F2N3O3/c11-6-4-7(12)9(15(17)18)5-8(6)14-3-1-2-13-10(14)16/h4-5H,1-3H2,(H,13,16). The van der Waals surface area contributed by atoms with Crippen LogP contribution in [0.3, 0.4) is 0 Å². The number of nitrogens with zero attached hydrogens (tertiary/aromatic N) is 2. The highest BCUT2D eigenvalue weighted by Crippen LogP contribution is 2.28. The molecule has 18 heavy (non-hydrogen) atoms. The maximum Gasteiger partial charge on any atom is 0.321 e. The lowest BCUT2D eigenvalue weighted by Crippen LogP contribution is -2.46. The number of rotatable bonds is 2. The highest BCUT2D eigenvalue weighted by atomic mass is 19.1. The fourth-order valence-corrected chi connectivity index (χ4v) is 1.73. The molecule has 96 valence electrons. The van der Waals surface area contributed by atoms with Crippen LogP contribution in [0.25, 0.3) is 0 Å². The molecule has 0 unspecified atom stereocenters. The van der Waals surface area contributed by atoms with Gasteiger partial charge in [-0.05, 0) is 6.42 Å². The van der Waals surface area contributed by atoms with Gasteiger partial charge in [0.15, 0.2) is 0 Å². The Hall–Kier alpha value is -2.25. The van der Waals surface area contributed by atoms with E-state index in [9.17, 15) is 23.7 Å². The van der Waals surface area contributed by atoms with Crippen LogP contribution < -0.4 is 10.2 Å². The first kappa shape index (κ1) is 12.2. The van der Waals surface area contributed by atoms with Gasteiger partial charge in [0, 0.05) is 25.2 Å². The number of hydrogen-bond acceptors (Lipinski definition) is 3. The van der Waals surface area contributed by atoms with Crippen LogP contribution in [0.4, 0.5) is 25.0 Å². The van der Waals surface area contributed by atoms with Gasteiger partial charge >= 0.3 is 11.7 Å². The Labute approximate surface area is 100 Å². The van der Waals surface area contributed by atoms with Gasteiger partial charge in [-0.1, -0.05) is 0 Å². The van der Waals surface area contributed by atoms with Crippen LogP contribution in [0.2, 0.25) is 0 Å². The number of anilines is 1. The Balaban J connectivity index is 2.46. The second-order valence-electron chi connectivity index (χ2n) is 3.75. The highest BCUT2D eigenvalue weighted by Gasteiger charge is 2.26. The first-order valence-corrected chi connectivity index (χ1v) is 5.19. The number of nitro groups is 1. The number of urea groups is 1. The van der Waals surface area contributed by atoms with E-state index in [2.05, 4.69) is 5.32 Å². The third-order valence-corrected chi connectivity index (χ3v) is 2.58. The molecule has 0 atom stereocenters. The third-order valence-electron chi connectivity index (χ3n) is 2.58. The average Bonchev–Trinajstić information content (AvgIpc) is 2.30. The Morgan fingerprint density at radius 2 is 2.06 bits per heavy atom. The van der Waals surface area contributed by atoms with Crippen molar-refractivity contribution in [1.82, 2.24) is 5.32 Å². The Bertz CT molecular complexity index is 521. The Morgan fingerprint density at radius 3 is 2.67 bits per heavy atom. The quantitative estimate of drug-likeness (QED) is 0.648. The molecule has 2 amide bonds. The largest absolute Gasteiger partial charge is 0.338 e. The molecule has 0 aliphatic carbocycles. The van der Waals surface area contributed by atoms with Crippen LogP contribution >= 0.6 is 0 Å². The maximum absolute atomic E-state index is 13.6. The zero-order chi connectivity index (χ0) is 13.3. The van der Waals surface area contributed by atoms with Crippen LogP contribution in [-0.2, 0) is 0 Å². The number of carbonyl (C=O) groups is 1. The van der Waals surface area contributed by atoms with E-state index < -0.39 is 28.3 Å². The van der Waals surface area contributed by atoms with Gasteiger partial charge in [-0.15, -0.1) is 0 Å². The van der Waals surface area contributed by atoms with Crippen LogP contribution in [-0.4, -0.2) is 24.0 Å². The minimum absolute atomic E-state index is 0.228. The molecule has 1 aromatic carbocycles. The Morgan fingerprint density at radius 1 is 1.33 bits per heavy atom. The summed E-state index contributed by atoms with van der Waals surface area (Å²) in [6, 6.07) is 0.589. The molecule has 1 fully saturated rings. The normalized spacial score (nSPS) is 15.4. The summed E-state index contributed by atoms with van der Waals surface area (Å²) in [5.41, 5.74) is -1.15. The summed E-state index contributed by atoms with van der Waals surface area (Å²) in [6.45, 7) is 0.686. The summed E-state index contributed by atoms with van der Waals surface area (Å²) in [5.74, 6) is -2.27. The summed E-state index contributed by atoms with van der Waals surface area (Å²) in [6.07, 6.45) is 0.580. The van der Waals surface area contributed by atoms with Gasteiger partial charge in [0.25, 0.3) is 0 Å². The number of carbonyl (C=O) groups excluding carboxylic acids is 1. The monoisotopic (exact) mass is 257 g/mol. The van der Waals surface area contributed by atoms with E-state index in [0.717, 1.165) is 11.0 Å². The summed E-state index contributed by atoms with van der Waals surface area (Å²) in [4.78, 5) is 22.1. The minimum atomic E-state index is -1.27. The van der Waals surface area contributed by atoms with Crippen molar-refractivity contribution in [2.45, 2.75) is 6.42 Å². The summed E-state index contributed by atoms with van der Waals surface area (Å²) < 4.78 is 26.7. The van der Waals surface area contributed by atoms with E-state index in [1.165, 1.54) is 0 Å². The SMILES string of the molecule is O=C1NCCCN1c1cc([N+](=O)[O-])c(F)cc1F. The molecule has 1 saturated heterocycles. The van der Waals surface area contributed by atoms with Crippen molar-refractivity contribution >= 4 is 17.4 Å². The second-order valence-corrected chi connectivity index (χ2v) is 3.75. The number of halogens is 2. The van der Waals surface area contributed by atoms with Crippen LogP contribution in [0, 0.1) is 21.7 Å². The van der Waals surface area contributed by atoms with Gasteiger partial charge in [-0.2, -0.15) is 4.39 Å². The van der Waals surface area contributed by atoms with Gasteiger partial charge in [-0.3, -0.25) is 15.0 Å². The van der Waals surface area contributed by atoms with Crippen molar-refractivity contribution in [3.63, 3.8) is 0 Å². The molecule has 0 saturated carbocycles. The molecular weight excluding hydrogens is 248 g/mol. The molecule has 1 aliphatic heterocycles. The third kappa shape index (κ3) is 2.08. The lowest BCUT2D eigenvalue weighted by molar-refractivity contribution is -0.387. The molecule has 0 radical (unpaired) electrons. The van der Waals surface area contributed by atoms with Crippen LogP contribution in [0.15, 0.2) is 12.1 Å². The van der Waals surface area contributed by atoms with Gasteiger partial charge in [-0.25, -0.2) is 9.18 Å². The lowest BCUT2D eigenvalue weighted by Gasteiger charge is -2.27.